The quantitative estimate of drug-likeness (QED) is 0.608. The zero-order chi connectivity index (χ0) is 17.4. The first-order valence-corrected chi connectivity index (χ1v) is 8.49. The Hall–Kier alpha value is -1.84. The SMILES string of the molecule is CCCCCCCc1ccc(C(=O)O)c(C(=O)O)c1CC(C)C. The maximum Gasteiger partial charge on any atom is 0.336 e. The molecule has 0 atom stereocenters. The van der Waals surface area contributed by atoms with E-state index in [4.69, 9.17) is 0 Å². The van der Waals surface area contributed by atoms with Crippen LogP contribution in [0.3, 0.4) is 0 Å². The van der Waals surface area contributed by atoms with Crippen LogP contribution in [0.1, 0.15) is 84.7 Å². The molecule has 0 bridgehead atoms. The van der Waals surface area contributed by atoms with E-state index in [-0.39, 0.29) is 17.0 Å². The van der Waals surface area contributed by atoms with Crippen molar-refractivity contribution in [3.63, 3.8) is 0 Å². The molecular formula is C19H28O4. The lowest BCUT2D eigenvalue weighted by Gasteiger charge is -2.16. The van der Waals surface area contributed by atoms with E-state index in [1.807, 2.05) is 13.8 Å². The first-order chi connectivity index (χ1) is 10.9. The zero-order valence-electron chi connectivity index (χ0n) is 14.4. The molecule has 1 rings (SSSR count). The average Bonchev–Trinajstić information content (AvgIpc) is 2.46. The molecule has 0 fully saturated rings. The molecule has 23 heavy (non-hydrogen) atoms. The Morgan fingerprint density at radius 1 is 1.00 bits per heavy atom. The van der Waals surface area contributed by atoms with E-state index in [9.17, 15) is 19.8 Å². The fourth-order valence-corrected chi connectivity index (χ4v) is 2.91. The number of rotatable bonds is 10. The van der Waals surface area contributed by atoms with Crippen LogP contribution in [-0.2, 0) is 12.8 Å². The topological polar surface area (TPSA) is 74.6 Å². The van der Waals surface area contributed by atoms with E-state index >= 15 is 0 Å². The third kappa shape index (κ3) is 5.70. The van der Waals surface area contributed by atoms with Crippen molar-refractivity contribution in [1.29, 1.82) is 0 Å². The van der Waals surface area contributed by atoms with E-state index in [2.05, 4.69) is 6.92 Å². The van der Waals surface area contributed by atoms with Crippen LogP contribution < -0.4 is 0 Å². The minimum absolute atomic E-state index is 0.0303. The average molecular weight is 320 g/mol. The van der Waals surface area contributed by atoms with Crippen molar-refractivity contribution < 1.29 is 19.8 Å². The maximum absolute atomic E-state index is 11.6. The highest BCUT2D eigenvalue weighted by molar-refractivity contribution is 6.03. The van der Waals surface area contributed by atoms with Gasteiger partial charge in [0.1, 0.15) is 0 Å². The van der Waals surface area contributed by atoms with Crippen LogP contribution in [0.2, 0.25) is 0 Å². The Bertz CT molecular complexity index is 547. The molecule has 0 radical (unpaired) electrons. The van der Waals surface area contributed by atoms with Crippen LogP contribution in [-0.4, -0.2) is 22.2 Å². The molecule has 0 unspecified atom stereocenters. The molecule has 0 aliphatic heterocycles. The van der Waals surface area contributed by atoms with Gasteiger partial charge in [0.05, 0.1) is 11.1 Å². The predicted octanol–water partition coefficient (Wildman–Crippen LogP) is 4.79. The van der Waals surface area contributed by atoms with Gasteiger partial charge in [-0.2, -0.15) is 0 Å². The molecule has 1 aromatic carbocycles. The van der Waals surface area contributed by atoms with Crippen molar-refractivity contribution in [2.24, 2.45) is 5.92 Å². The zero-order valence-corrected chi connectivity index (χ0v) is 14.4. The second-order valence-electron chi connectivity index (χ2n) is 6.50. The van der Waals surface area contributed by atoms with E-state index in [0.29, 0.717) is 12.0 Å². The Kier molecular flexibility index (Phi) is 7.79. The summed E-state index contributed by atoms with van der Waals surface area (Å²) in [6.07, 6.45) is 7.13. The lowest BCUT2D eigenvalue weighted by molar-refractivity contribution is 0.0650. The monoisotopic (exact) mass is 320 g/mol. The van der Waals surface area contributed by atoms with Crippen molar-refractivity contribution in [2.75, 3.05) is 0 Å². The van der Waals surface area contributed by atoms with E-state index < -0.39 is 11.9 Å². The number of carbonyl (C=O) groups is 2. The number of hydrogen-bond donors (Lipinski definition) is 2. The van der Waals surface area contributed by atoms with Gasteiger partial charge in [0, 0.05) is 0 Å². The number of aromatic carboxylic acids is 2. The van der Waals surface area contributed by atoms with Crippen molar-refractivity contribution >= 4 is 11.9 Å². The van der Waals surface area contributed by atoms with E-state index in [0.717, 1.165) is 24.8 Å². The van der Waals surface area contributed by atoms with Gasteiger partial charge in [0.15, 0.2) is 0 Å². The maximum atomic E-state index is 11.6. The molecule has 0 saturated heterocycles. The third-order valence-electron chi connectivity index (χ3n) is 4.02. The van der Waals surface area contributed by atoms with Crippen LogP contribution in [0, 0.1) is 5.92 Å². The van der Waals surface area contributed by atoms with Crippen molar-refractivity contribution in [3.8, 4) is 0 Å². The summed E-state index contributed by atoms with van der Waals surface area (Å²) in [5.41, 5.74) is 1.54. The van der Waals surface area contributed by atoms with Crippen LogP contribution in [0.4, 0.5) is 0 Å². The number of aryl methyl sites for hydroxylation is 1. The van der Waals surface area contributed by atoms with Crippen LogP contribution in [0.5, 0.6) is 0 Å². The summed E-state index contributed by atoms with van der Waals surface area (Å²) >= 11 is 0. The van der Waals surface area contributed by atoms with Gasteiger partial charge in [-0.1, -0.05) is 52.5 Å². The molecule has 2 N–H and O–H groups in total. The summed E-state index contributed by atoms with van der Waals surface area (Å²) in [6.45, 7) is 6.21. The molecule has 0 aromatic heterocycles. The summed E-state index contributed by atoms with van der Waals surface area (Å²) in [5.74, 6) is -2.05. The van der Waals surface area contributed by atoms with Crippen molar-refractivity contribution in [3.05, 3.63) is 34.4 Å². The largest absolute Gasteiger partial charge is 0.478 e. The summed E-state index contributed by atoms with van der Waals surface area (Å²) in [4.78, 5) is 23.0. The molecule has 0 amide bonds. The lowest BCUT2D eigenvalue weighted by Crippen LogP contribution is -2.15. The minimum Gasteiger partial charge on any atom is -0.478 e. The molecule has 128 valence electrons. The van der Waals surface area contributed by atoms with Crippen molar-refractivity contribution in [2.45, 2.75) is 65.7 Å². The predicted molar refractivity (Wildman–Crippen MR) is 91.4 cm³/mol. The van der Waals surface area contributed by atoms with Gasteiger partial charge in [-0.05, 0) is 42.4 Å². The second kappa shape index (κ2) is 9.33. The Morgan fingerprint density at radius 3 is 2.17 bits per heavy atom. The number of benzene rings is 1. The minimum atomic E-state index is -1.18. The molecule has 0 heterocycles. The Labute approximate surface area is 138 Å². The van der Waals surface area contributed by atoms with Gasteiger partial charge >= 0.3 is 11.9 Å². The molecule has 4 heteroatoms. The van der Waals surface area contributed by atoms with Gasteiger partial charge in [-0.3, -0.25) is 0 Å². The number of carboxylic acid groups (broad SMARTS) is 2. The van der Waals surface area contributed by atoms with Crippen LogP contribution in [0.15, 0.2) is 12.1 Å². The first kappa shape index (κ1) is 19.2. The third-order valence-corrected chi connectivity index (χ3v) is 4.02. The van der Waals surface area contributed by atoms with Crippen molar-refractivity contribution in [1.82, 2.24) is 0 Å². The van der Waals surface area contributed by atoms with E-state index in [1.54, 1.807) is 6.07 Å². The van der Waals surface area contributed by atoms with E-state index in [1.165, 1.54) is 25.3 Å². The lowest BCUT2D eigenvalue weighted by atomic mass is 9.88. The smallest absolute Gasteiger partial charge is 0.336 e. The van der Waals surface area contributed by atoms with Gasteiger partial charge in [0.2, 0.25) is 0 Å². The van der Waals surface area contributed by atoms with Gasteiger partial charge in [-0.25, -0.2) is 9.59 Å². The highest BCUT2D eigenvalue weighted by atomic mass is 16.4. The summed E-state index contributed by atoms with van der Waals surface area (Å²) in [6, 6.07) is 3.24. The number of carboxylic acids is 2. The fourth-order valence-electron chi connectivity index (χ4n) is 2.91. The highest BCUT2D eigenvalue weighted by Gasteiger charge is 2.23. The standard InChI is InChI=1S/C19H28O4/c1-4-5-6-7-8-9-14-10-11-15(18(20)21)17(19(22)23)16(14)12-13(2)3/h10-11,13H,4-9,12H2,1-3H3,(H,20,21)(H,22,23). The summed E-state index contributed by atoms with van der Waals surface area (Å²) in [7, 11) is 0. The Morgan fingerprint density at radius 2 is 1.65 bits per heavy atom. The molecule has 4 nitrogen and oxygen atoms in total. The van der Waals surface area contributed by atoms with Gasteiger partial charge < -0.3 is 10.2 Å². The highest BCUT2D eigenvalue weighted by Crippen LogP contribution is 2.25. The summed E-state index contributed by atoms with van der Waals surface area (Å²) in [5, 5.41) is 18.8. The normalized spacial score (nSPS) is 11.0. The van der Waals surface area contributed by atoms with Crippen LogP contribution in [0.25, 0.3) is 0 Å². The molecule has 0 aliphatic carbocycles. The Balaban J connectivity index is 3.11. The number of unbranched alkanes of at least 4 members (excludes halogenated alkanes) is 4. The first-order valence-electron chi connectivity index (χ1n) is 8.49. The second-order valence-corrected chi connectivity index (χ2v) is 6.50. The molecule has 1 aromatic rings. The fraction of sp³-hybridized carbons (Fsp3) is 0.579. The number of hydrogen-bond acceptors (Lipinski definition) is 2. The van der Waals surface area contributed by atoms with Gasteiger partial charge in [0.25, 0.3) is 0 Å². The van der Waals surface area contributed by atoms with Gasteiger partial charge in [-0.15, -0.1) is 0 Å². The molecule has 0 spiro atoms. The summed E-state index contributed by atoms with van der Waals surface area (Å²) < 4.78 is 0. The molecule has 0 aliphatic rings. The molecular weight excluding hydrogens is 292 g/mol. The van der Waals surface area contributed by atoms with Crippen LogP contribution >= 0.6 is 0 Å². The molecule has 0 saturated carbocycles.